The molecule has 0 heterocycles. The van der Waals surface area contributed by atoms with Crippen molar-refractivity contribution in [3.8, 4) is 0 Å². The molecule has 0 amide bonds. The minimum atomic E-state index is 0.714. The van der Waals surface area contributed by atoms with Crippen LogP contribution in [-0.2, 0) is 0 Å². The standard InChI is InChI=1S/C10H12ClN3.C10H13ClN2/c1-2-10(14-13-7-12)8-3-5-9(11)6-4-8;1-3-10(13-12-2)8-4-6-9(11)7-5-8/h3-7H,2H2,1H3,(H2,12,13);4-7,12H,3H2,1-2H3/b14-10+;13-10+. The van der Waals surface area contributed by atoms with Crippen LogP contribution in [0, 0.1) is 0 Å². The average Bonchev–Trinajstić information content (AvgIpc) is 2.69. The lowest BCUT2D eigenvalue weighted by Crippen LogP contribution is -2.05. The summed E-state index contributed by atoms with van der Waals surface area (Å²) in [5.74, 6) is 0. The monoisotopic (exact) mass is 405 g/mol. The van der Waals surface area contributed by atoms with Crippen molar-refractivity contribution in [2.75, 3.05) is 7.05 Å². The van der Waals surface area contributed by atoms with E-state index in [0.29, 0.717) is 5.02 Å². The minimum Gasteiger partial charge on any atom is -0.388 e. The predicted octanol–water partition coefficient (Wildman–Crippen LogP) is 5.11. The molecule has 0 unspecified atom stereocenters. The molecule has 0 atom stereocenters. The van der Waals surface area contributed by atoms with Gasteiger partial charge in [0.1, 0.15) is 6.34 Å². The maximum Gasteiger partial charge on any atom is 0.108 e. The first-order valence-corrected chi connectivity index (χ1v) is 9.36. The molecule has 0 spiro atoms. The quantitative estimate of drug-likeness (QED) is 0.397. The Morgan fingerprint density at radius 3 is 1.70 bits per heavy atom. The van der Waals surface area contributed by atoms with Crippen LogP contribution in [0.4, 0.5) is 0 Å². The number of nitrogens with zero attached hydrogens (tertiary/aromatic N) is 3. The maximum absolute atomic E-state index is 5.78. The van der Waals surface area contributed by atoms with Gasteiger partial charge in [-0.1, -0.05) is 61.3 Å². The van der Waals surface area contributed by atoms with Gasteiger partial charge in [-0.2, -0.15) is 10.2 Å². The Morgan fingerprint density at radius 1 is 0.889 bits per heavy atom. The summed E-state index contributed by atoms with van der Waals surface area (Å²) in [4.78, 5) is 0. The van der Waals surface area contributed by atoms with Gasteiger partial charge in [0.05, 0.1) is 11.4 Å². The summed E-state index contributed by atoms with van der Waals surface area (Å²) in [6, 6.07) is 15.2. The van der Waals surface area contributed by atoms with Crippen molar-refractivity contribution in [3.63, 3.8) is 0 Å². The largest absolute Gasteiger partial charge is 0.388 e. The fraction of sp³-hybridized carbons (Fsp3) is 0.250. The van der Waals surface area contributed by atoms with Crippen molar-refractivity contribution >= 4 is 41.0 Å². The summed E-state index contributed by atoms with van der Waals surface area (Å²) in [5, 5.41) is 13.3. The molecule has 3 N–H and O–H groups in total. The number of halogens is 2. The second-order valence-electron chi connectivity index (χ2n) is 5.31. The first-order chi connectivity index (χ1) is 13.0. The molecule has 0 aromatic heterocycles. The summed E-state index contributed by atoms with van der Waals surface area (Å²) >= 11 is 11.6. The third kappa shape index (κ3) is 8.24. The van der Waals surface area contributed by atoms with E-state index in [-0.39, 0.29) is 0 Å². The minimum absolute atomic E-state index is 0.714. The molecule has 2 aromatic carbocycles. The zero-order valence-electron chi connectivity index (χ0n) is 15.8. The molecule has 0 aliphatic carbocycles. The molecule has 7 heteroatoms. The summed E-state index contributed by atoms with van der Waals surface area (Å²) in [5.41, 5.74) is 12.0. The van der Waals surface area contributed by atoms with Crippen molar-refractivity contribution in [2.45, 2.75) is 26.7 Å². The smallest absolute Gasteiger partial charge is 0.108 e. The number of hydrazone groups is 1. The van der Waals surface area contributed by atoms with Crippen LogP contribution in [0.3, 0.4) is 0 Å². The Hall–Kier alpha value is -2.37. The van der Waals surface area contributed by atoms with Crippen LogP contribution >= 0.6 is 23.2 Å². The van der Waals surface area contributed by atoms with Crippen LogP contribution in [-0.4, -0.2) is 24.8 Å². The van der Waals surface area contributed by atoms with Crippen molar-refractivity contribution in [3.05, 3.63) is 69.7 Å². The molecule has 0 bridgehead atoms. The van der Waals surface area contributed by atoms with Crippen LogP contribution in [0.2, 0.25) is 10.0 Å². The van der Waals surface area contributed by atoms with E-state index in [0.717, 1.165) is 40.4 Å². The third-order valence-corrected chi connectivity index (χ3v) is 4.02. The fourth-order valence-electron chi connectivity index (χ4n) is 2.20. The summed E-state index contributed by atoms with van der Waals surface area (Å²) < 4.78 is 0. The number of rotatable bonds is 6. The van der Waals surface area contributed by atoms with Gasteiger partial charge in [0.15, 0.2) is 0 Å². The zero-order chi connectivity index (χ0) is 20.1. The number of nitrogens with one attached hydrogen (secondary N) is 1. The maximum atomic E-state index is 5.78. The van der Waals surface area contributed by atoms with Crippen LogP contribution in [0.15, 0.2) is 63.8 Å². The van der Waals surface area contributed by atoms with Crippen molar-refractivity contribution < 1.29 is 0 Å². The molecule has 0 fully saturated rings. The van der Waals surface area contributed by atoms with E-state index in [2.05, 4.69) is 27.7 Å². The number of hydrogen-bond acceptors (Lipinski definition) is 4. The summed E-state index contributed by atoms with van der Waals surface area (Å²) in [6.45, 7) is 4.09. The van der Waals surface area contributed by atoms with E-state index >= 15 is 0 Å². The molecule has 2 rings (SSSR count). The lowest BCUT2D eigenvalue weighted by Gasteiger charge is -2.03. The van der Waals surface area contributed by atoms with E-state index in [1.54, 1.807) is 7.05 Å². The normalized spacial score (nSPS) is 11.9. The first kappa shape index (κ1) is 22.7. The number of benzene rings is 2. The molecule has 144 valence electrons. The molecule has 5 nitrogen and oxygen atoms in total. The lowest BCUT2D eigenvalue weighted by molar-refractivity contribution is 0.892. The average molecular weight is 406 g/mol. The second kappa shape index (κ2) is 12.9. The van der Waals surface area contributed by atoms with Crippen LogP contribution < -0.4 is 11.2 Å². The zero-order valence-corrected chi connectivity index (χ0v) is 17.3. The van der Waals surface area contributed by atoms with Crippen molar-refractivity contribution in [2.24, 2.45) is 21.0 Å². The highest BCUT2D eigenvalue weighted by Gasteiger charge is 2.00. The van der Waals surface area contributed by atoms with E-state index in [9.17, 15) is 0 Å². The lowest BCUT2D eigenvalue weighted by atomic mass is 10.1. The van der Waals surface area contributed by atoms with Gasteiger partial charge < -0.3 is 11.2 Å². The Morgan fingerprint density at radius 2 is 1.33 bits per heavy atom. The summed E-state index contributed by atoms with van der Waals surface area (Å²) in [6.07, 6.45) is 2.88. The Kier molecular flexibility index (Phi) is 10.8. The second-order valence-corrected chi connectivity index (χ2v) is 6.19. The SMILES string of the molecule is CC/C(=N\N=C/N)c1ccc(Cl)cc1.CC/C(=N\NC)c1ccc(Cl)cc1. The molecule has 0 aliphatic rings. The highest BCUT2D eigenvalue weighted by molar-refractivity contribution is 6.31. The van der Waals surface area contributed by atoms with E-state index in [4.69, 9.17) is 28.9 Å². The van der Waals surface area contributed by atoms with Crippen LogP contribution in [0.25, 0.3) is 0 Å². The van der Waals surface area contributed by atoms with Crippen molar-refractivity contribution in [1.82, 2.24) is 5.43 Å². The molecule has 0 aliphatic heterocycles. The number of hydrogen-bond donors (Lipinski definition) is 2. The van der Waals surface area contributed by atoms with Gasteiger partial charge in [0.2, 0.25) is 0 Å². The van der Waals surface area contributed by atoms with Gasteiger partial charge in [-0.15, -0.1) is 5.10 Å². The Labute approximate surface area is 171 Å². The summed E-state index contributed by atoms with van der Waals surface area (Å²) in [7, 11) is 1.80. The van der Waals surface area contributed by atoms with Crippen LogP contribution in [0.1, 0.15) is 37.8 Å². The topological polar surface area (TPSA) is 75.1 Å². The molecular weight excluding hydrogens is 381 g/mol. The van der Waals surface area contributed by atoms with E-state index in [1.807, 2.05) is 55.5 Å². The van der Waals surface area contributed by atoms with Gasteiger partial charge in [-0.05, 0) is 48.2 Å². The molecular formula is C20H25Cl2N5. The van der Waals surface area contributed by atoms with Gasteiger partial charge in [0, 0.05) is 17.1 Å². The number of nitrogens with two attached hydrogens (primary N) is 1. The molecule has 0 saturated carbocycles. The predicted molar refractivity (Wildman–Crippen MR) is 118 cm³/mol. The van der Waals surface area contributed by atoms with Gasteiger partial charge >= 0.3 is 0 Å². The highest BCUT2D eigenvalue weighted by atomic mass is 35.5. The van der Waals surface area contributed by atoms with E-state index in [1.165, 1.54) is 6.34 Å². The molecule has 0 radical (unpaired) electrons. The van der Waals surface area contributed by atoms with Gasteiger partial charge in [-0.25, -0.2) is 0 Å². The molecule has 2 aromatic rings. The first-order valence-electron chi connectivity index (χ1n) is 8.60. The van der Waals surface area contributed by atoms with Gasteiger partial charge in [-0.3, -0.25) is 0 Å². The molecule has 27 heavy (non-hydrogen) atoms. The highest BCUT2D eigenvalue weighted by Crippen LogP contribution is 2.12. The Balaban J connectivity index is 0.000000271. The van der Waals surface area contributed by atoms with E-state index < -0.39 is 0 Å². The fourth-order valence-corrected chi connectivity index (χ4v) is 2.45. The van der Waals surface area contributed by atoms with Crippen molar-refractivity contribution in [1.29, 1.82) is 0 Å². The van der Waals surface area contributed by atoms with Crippen LogP contribution in [0.5, 0.6) is 0 Å². The molecule has 0 saturated heterocycles. The third-order valence-electron chi connectivity index (χ3n) is 3.52. The van der Waals surface area contributed by atoms with Gasteiger partial charge in [0.25, 0.3) is 0 Å². The Bertz CT molecular complexity index is 766.